The third-order valence-electron chi connectivity index (χ3n) is 3.23. The van der Waals surface area contributed by atoms with Crippen LogP contribution in [0.5, 0.6) is 0 Å². The first-order valence-corrected chi connectivity index (χ1v) is 6.61. The van der Waals surface area contributed by atoms with Crippen molar-refractivity contribution >= 4 is 17.4 Å². The summed E-state index contributed by atoms with van der Waals surface area (Å²) < 4.78 is 0. The van der Waals surface area contributed by atoms with Crippen LogP contribution < -0.4 is 10.2 Å². The van der Waals surface area contributed by atoms with Gasteiger partial charge in [-0.1, -0.05) is 0 Å². The molecule has 0 spiro atoms. The highest BCUT2D eigenvalue weighted by Crippen LogP contribution is 2.18. The minimum absolute atomic E-state index is 0.249. The fraction of sp³-hybridized carbons (Fsp3) is 0.286. The lowest BCUT2D eigenvalue weighted by molar-refractivity contribution is 0.102. The molecular formula is C14H15N5O. The second kappa shape index (κ2) is 5.64. The SMILES string of the molecule is O=C(Nc1cccnc1)c1cc(N2CCCC2)ncn1. The van der Waals surface area contributed by atoms with Crippen LogP contribution in [0.2, 0.25) is 0 Å². The van der Waals surface area contributed by atoms with Crippen LogP contribution in [0.4, 0.5) is 11.5 Å². The molecule has 1 saturated heterocycles. The third kappa shape index (κ3) is 2.74. The number of nitrogens with zero attached hydrogens (tertiary/aromatic N) is 4. The highest BCUT2D eigenvalue weighted by molar-refractivity contribution is 6.03. The molecule has 1 aliphatic rings. The Bertz CT molecular complexity index is 596. The first kappa shape index (κ1) is 12.5. The third-order valence-corrected chi connectivity index (χ3v) is 3.23. The summed E-state index contributed by atoms with van der Waals surface area (Å²) in [5.41, 5.74) is 1.02. The Morgan fingerprint density at radius 2 is 2.10 bits per heavy atom. The van der Waals surface area contributed by atoms with Crippen molar-refractivity contribution in [1.29, 1.82) is 0 Å². The van der Waals surface area contributed by atoms with Gasteiger partial charge in [0, 0.05) is 25.4 Å². The van der Waals surface area contributed by atoms with E-state index in [1.54, 1.807) is 30.6 Å². The average Bonchev–Trinajstić information content (AvgIpc) is 3.03. The van der Waals surface area contributed by atoms with Gasteiger partial charge >= 0.3 is 0 Å². The maximum atomic E-state index is 12.1. The van der Waals surface area contributed by atoms with E-state index in [0.29, 0.717) is 11.4 Å². The topological polar surface area (TPSA) is 71.0 Å². The van der Waals surface area contributed by atoms with Gasteiger partial charge in [0.2, 0.25) is 0 Å². The Balaban J connectivity index is 1.76. The molecule has 0 atom stereocenters. The molecule has 1 amide bonds. The largest absolute Gasteiger partial charge is 0.357 e. The van der Waals surface area contributed by atoms with Crippen LogP contribution in [-0.2, 0) is 0 Å². The van der Waals surface area contributed by atoms with Crippen molar-refractivity contribution in [2.24, 2.45) is 0 Å². The van der Waals surface area contributed by atoms with E-state index in [4.69, 9.17) is 0 Å². The Morgan fingerprint density at radius 1 is 1.25 bits per heavy atom. The molecule has 1 aliphatic heterocycles. The van der Waals surface area contributed by atoms with Crippen molar-refractivity contribution in [1.82, 2.24) is 15.0 Å². The first-order chi connectivity index (χ1) is 9.83. The van der Waals surface area contributed by atoms with Crippen molar-refractivity contribution in [2.75, 3.05) is 23.3 Å². The quantitative estimate of drug-likeness (QED) is 0.918. The monoisotopic (exact) mass is 269 g/mol. The summed E-state index contributed by atoms with van der Waals surface area (Å²) in [7, 11) is 0. The molecule has 20 heavy (non-hydrogen) atoms. The molecule has 1 N–H and O–H groups in total. The zero-order valence-electron chi connectivity index (χ0n) is 11.0. The van der Waals surface area contributed by atoms with Crippen molar-refractivity contribution in [3.8, 4) is 0 Å². The van der Waals surface area contributed by atoms with Crippen LogP contribution in [-0.4, -0.2) is 33.9 Å². The standard InChI is InChI=1S/C14H15N5O/c20-14(18-11-4-3-5-15-9-11)12-8-13(17-10-16-12)19-6-1-2-7-19/h3-5,8-10H,1-2,6-7H2,(H,18,20). The molecule has 1 fully saturated rings. The lowest BCUT2D eigenvalue weighted by Crippen LogP contribution is -2.21. The van der Waals surface area contributed by atoms with Gasteiger partial charge in [0.05, 0.1) is 11.9 Å². The molecule has 3 heterocycles. The molecule has 102 valence electrons. The van der Waals surface area contributed by atoms with Gasteiger partial charge in [-0.25, -0.2) is 9.97 Å². The van der Waals surface area contributed by atoms with Gasteiger partial charge in [0.1, 0.15) is 17.8 Å². The molecular weight excluding hydrogens is 254 g/mol. The number of amides is 1. The fourth-order valence-corrected chi connectivity index (χ4v) is 2.22. The Hall–Kier alpha value is -2.50. The summed E-state index contributed by atoms with van der Waals surface area (Å²) >= 11 is 0. The van der Waals surface area contributed by atoms with E-state index < -0.39 is 0 Å². The van der Waals surface area contributed by atoms with Crippen molar-refractivity contribution in [2.45, 2.75) is 12.8 Å². The maximum absolute atomic E-state index is 12.1. The van der Waals surface area contributed by atoms with Crippen molar-refractivity contribution < 1.29 is 4.79 Å². The van der Waals surface area contributed by atoms with Crippen molar-refractivity contribution in [3.63, 3.8) is 0 Å². The molecule has 6 heteroatoms. The van der Waals surface area contributed by atoms with E-state index in [9.17, 15) is 4.79 Å². The lowest BCUT2D eigenvalue weighted by Gasteiger charge is -2.16. The van der Waals surface area contributed by atoms with E-state index in [-0.39, 0.29) is 5.91 Å². The molecule has 6 nitrogen and oxygen atoms in total. The van der Waals surface area contributed by atoms with Crippen molar-refractivity contribution in [3.05, 3.63) is 42.6 Å². The van der Waals surface area contributed by atoms with Crippen LogP contribution in [0.15, 0.2) is 36.9 Å². The summed E-state index contributed by atoms with van der Waals surface area (Å²) in [5, 5.41) is 2.77. The fourth-order valence-electron chi connectivity index (χ4n) is 2.22. The summed E-state index contributed by atoms with van der Waals surface area (Å²) in [6.07, 6.45) is 7.03. The molecule has 2 aromatic heterocycles. The van der Waals surface area contributed by atoms with Crippen LogP contribution in [0, 0.1) is 0 Å². The normalized spacial score (nSPS) is 14.3. The van der Waals surface area contributed by atoms with Gasteiger partial charge in [-0.05, 0) is 25.0 Å². The van der Waals surface area contributed by atoms with Crippen LogP contribution in [0.25, 0.3) is 0 Å². The van der Waals surface area contributed by atoms with Crippen LogP contribution >= 0.6 is 0 Å². The maximum Gasteiger partial charge on any atom is 0.274 e. The van der Waals surface area contributed by atoms with Gasteiger partial charge in [-0.2, -0.15) is 0 Å². The smallest absolute Gasteiger partial charge is 0.274 e. The Labute approximate surface area is 116 Å². The molecule has 0 saturated carbocycles. The lowest BCUT2D eigenvalue weighted by atomic mass is 10.3. The van der Waals surface area contributed by atoms with Gasteiger partial charge in [0.15, 0.2) is 0 Å². The van der Waals surface area contributed by atoms with Gasteiger partial charge < -0.3 is 10.2 Å². The predicted octanol–water partition coefficient (Wildman–Crippen LogP) is 1.72. The van der Waals surface area contributed by atoms with Gasteiger partial charge in [0.25, 0.3) is 5.91 Å². The van der Waals surface area contributed by atoms with Gasteiger partial charge in [-0.15, -0.1) is 0 Å². The molecule has 0 aromatic carbocycles. The zero-order valence-corrected chi connectivity index (χ0v) is 11.0. The van der Waals surface area contributed by atoms with E-state index in [1.165, 1.54) is 19.2 Å². The number of pyridine rings is 1. The van der Waals surface area contributed by atoms with E-state index in [0.717, 1.165) is 18.9 Å². The number of nitrogens with one attached hydrogen (secondary N) is 1. The second-order valence-corrected chi connectivity index (χ2v) is 4.65. The second-order valence-electron chi connectivity index (χ2n) is 4.65. The number of rotatable bonds is 3. The number of anilines is 2. The molecule has 3 rings (SSSR count). The zero-order chi connectivity index (χ0) is 13.8. The summed E-state index contributed by atoms with van der Waals surface area (Å²) in [4.78, 5) is 26.5. The average molecular weight is 269 g/mol. The molecule has 0 aliphatic carbocycles. The molecule has 0 bridgehead atoms. The molecule has 2 aromatic rings. The highest BCUT2D eigenvalue weighted by atomic mass is 16.1. The van der Waals surface area contributed by atoms with Crippen LogP contribution in [0.3, 0.4) is 0 Å². The molecule has 0 radical (unpaired) electrons. The number of carbonyl (C=O) groups excluding carboxylic acids is 1. The Kier molecular flexibility index (Phi) is 3.54. The predicted molar refractivity (Wildman–Crippen MR) is 75.7 cm³/mol. The number of aromatic nitrogens is 3. The minimum atomic E-state index is -0.249. The van der Waals surface area contributed by atoms with E-state index in [1.807, 2.05) is 0 Å². The summed E-state index contributed by atoms with van der Waals surface area (Å²) in [5.74, 6) is 0.565. The minimum Gasteiger partial charge on any atom is -0.357 e. The molecule has 0 unspecified atom stereocenters. The Morgan fingerprint density at radius 3 is 2.85 bits per heavy atom. The van der Waals surface area contributed by atoms with E-state index in [2.05, 4.69) is 25.2 Å². The summed E-state index contributed by atoms with van der Waals surface area (Å²) in [6.45, 7) is 1.97. The first-order valence-electron chi connectivity index (χ1n) is 6.61. The van der Waals surface area contributed by atoms with E-state index >= 15 is 0 Å². The van der Waals surface area contributed by atoms with Crippen LogP contribution in [0.1, 0.15) is 23.3 Å². The highest BCUT2D eigenvalue weighted by Gasteiger charge is 2.16. The van der Waals surface area contributed by atoms with Gasteiger partial charge in [-0.3, -0.25) is 9.78 Å². The number of hydrogen-bond donors (Lipinski definition) is 1. The number of carbonyl (C=O) groups is 1. The summed E-state index contributed by atoms with van der Waals surface area (Å²) in [6, 6.07) is 5.29. The number of hydrogen-bond acceptors (Lipinski definition) is 5.